The number of hydrogen-bond acceptors (Lipinski definition) is 3. The third kappa shape index (κ3) is 5.32. The zero-order valence-electron chi connectivity index (χ0n) is 15.3. The molecule has 0 radical (unpaired) electrons. The van der Waals surface area contributed by atoms with Crippen LogP contribution in [-0.4, -0.2) is 33.0 Å². The van der Waals surface area contributed by atoms with Gasteiger partial charge >= 0.3 is 0 Å². The van der Waals surface area contributed by atoms with Crippen LogP contribution in [0.15, 0.2) is 48.5 Å². The lowest BCUT2D eigenvalue weighted by Crippen LogP contribution is -2.43. The van der Waals surface area contributed by atoms with E-state index in [1.54, 1.807) is 0 Å². The van der Waals surface area contributed by atoms with Gasteiger partial charge in [0.2, 0.25) is 0 Å². The predicted octanol–water partition coefficient (Wildman–Crippen LogP) is 4.87. The highest BCUT2D eigenvalue weighted by atomic mass is 16.5. The van der Waals surface area contributed by atoms with Gasteiger partial charge in [0.25, 0.3) is 0 Å². The molecule has 0 bridgehead atoms. The summed E-state index contributed by atoms with van der Waals surface area (Å²) in [5, 5.41) is 0. The number of rotatable bonds is 9. The van der Waals surface area contributed by atoms with E-state index in [-0.39, 0.29) is 5.41 Å². The fourth-order valence-corrected chi connectivity index (χ4v) is 2.94. The Labute approximate surface area is 150 Å². The molecule has 0 aliphatic carbocycles. The summed E-state index contributed by atoms with van der Waals surface area (Å²) >= 11 is 0. The molecule has 1 heterocycles. The standard InChI is InChI=1S/C22H28O3/c1-18-7-5-8-19(13-18)20-9-6-10-21(14-20)25-12-4-3-11-23-15-22(2)16-24-17-22/h5-10,13-14H,3-4,11-12,15-17H2,1-2H3. The van der Waals surface area contributed by atoms with Gasteiger partial charge in [0.15, 0.2) is 0 Å². The highest BCUT2D eigenvalue weighted by molar-refractivity contribution is 5.65. The summed E-state index contributed by atoms with van der Waals surface area (Å²) in [5.41, 5.74) is 3.94. The normalized spacial score (nSPS) is 15.6. The van der Waals surface area contributed by atoms with Gasteiger partial charge in [0.05, 0.1) is 26.4 Å². The minimum Gasteiger partial charge on any atom is -0.494 e. The molecule has 0 amide bonds. The lowest BCUT2D eigenvalue weighted by atomic mass is 9.90. The summed E-state index contributed by atoms with van der Waals surface area (Å²) < 4.78 is 16.9. The molecular formula is C22H28O3. The molecule has 0 saturated carbocycles. The molecule has 1 aliphatic rings. The van der Waals surface area contributed by atoms with E-state index in [0.717, 1.165) is 51.6 Å². The van der Waals surface area contributed by atoms with Gasteiger partial charge < -0.3 is 14.2 Å². The molecule has 3 heteroatoms. The molecule has 3 nitrogen and oxygen atoms in total. The van der Waals surface area contributed by atoms with Crippen molar-refractivity contribution < 1.29 is 14.2 Å². The van der Waals surface area contributed by atoms with Crippen LogP contribution in [0.25, 0.3) is 11.1 Å². The Bertz CT molecular complexity index is 676. The van der Waals surface area contributed by atoms with Crippen molar-refractivity contribution in [3.63, 3.8) is 0 Å². The Morgan fingerprint density at radius 1 is 0.960 bits per heavy atom. The van der Waals surface area contributed by atoms with Crippen molar-refractivity contribution in [2.45, 2.75) is 26.7 Å². The summed E-state index contributed by atoms with van der Waals surface area (Å²) in [5.74, 6) is 0.930. The third-order valence-corrected chi connectivity index (χ3v) is 4.49. The molecule has 134 valence electrons. The first-order valence-electron chi connectivity index (χ1n) is 9.10. The zero-order valence-corrected chi connectivity index (χ0v) is 15.3. The van der Waals surface area contributed by atoms with E-state index in [1.165, 1.54) is 16.7 Å². The van der Waals surface area contributed by atoms with Crippen LogP contribution >= 0.6 is 0 Å². The zero-order chi connectivity index (χ0) is 17.5. The molecule has 25 heavy (non-hydrogen) atoms. The van der Waals surface area contributed by atoms with Crippen molar-refractivity contribution in [3.05, 3.63) is 54.1 Å². The summed E-state index contributed by atoms with van der Waals surface area (Å²) in [6.07, 6.45) is 2.02. The van der Waals surface area contributed by atoms with E-state index < -0.39 is 0 Å². The van der Waals surface area contributed by atoms with Crippen LogP contribution in [0, 0.1) is 12.3 Å². The molecule has 0 spiro atoms. The molecule has 1 aliphatic heterocycles. The highest BCUT2D eigenvalue weighted by Crippen LogP contribution is 2.27. The quantitative estimate of drug-likeness (QED) is 0.609. The van der Waals surface area contributed by atoms with E-state index in [4.69, 9.17) is 14.2 Å². The number of benzene rings is 2. The molecule has 1 fully saturated rings. The van der Waals surface area contributed by atoms with Gasteiger partial charge in [-0.1, -0.05) is 48.9 Å². The van der Waals surface area contributed by atoms with E-state index in [0.29, 0.717) is 0 Å². The van der Waals surface area contributed by atoms with E-state index >= 15 is 0 Å². The first-order chi connectivity index (χ1) is 12.1. The lowest BCUT2D eigenvalue weighted by molar-refractivity contribution is -0.138. The number of unbranched alkanes of at least 4 members (excludes halogenated alkanes) is 1. The Kier molecular flexibility index (Phi) is 6.11. The molecular weight excluding hydrogens is 312 g/mol. The van der Waals surface area contributed by atoms with Crippen LogP contribution < -0.4 is 4.74 Å². The first-order valence-corrected chi connectivity index (χ1v) is 9.10. The summed E-state index contributed by atoms with van der Waals surface area (Å²) in [6, 6.07) is 16.9. The minimum absolute atomic E-state index is 0.243. The van der Waals surface area contributed by atoms with Crippen LogP contribution in [0.5, 0.6) is 5.75 Å². The van der Waals surface area contributed by atoms with Crippen molar-refractivity contribution in [2.75, 3.05) is 33.0 Å². The average molecular weight is 340 g/mol. The molecule has 1 saturated heterocycles. The summed E-state index contributed by atoms with van der Waals surface area (Å²) in [6.45, 7) is 8.29. The molecule has 3 rings (SSSR count). The second-order valence-corrected chi connectivity index (χ2v) is 7.31. The van der Waals surface area contributed by atoms with E-state index in [2.05, 4.69) is 56.3 Å². The van der Waals surface area contributed by atoms with Gasteiger partial charge in [-0.3, -0.25) is 0 Å². The second kappa shape index (κ2) is 8.50. The highest BCUT2D eigenvalue weighted by Gasteiger charge is 2.33. The van der Waals surface area contributed by atoms with E-state index in [1.807, 2.05) is 6.07 Å². The van der Waals surface area contributed by atoms with Gasteiger partial charge in [-0.05, 0) is 43.0 Å². The molecule has 0 unspecified atom stereocenters. The van der Waals surface area contributed by atoms with Gasteiger partial charge in [0, 0.05) is 12.0 Å². The van der Waals surface area contributed by atoms with Crippen LogP contribution in [0.4, 0.5) is 0 Å². The maximum atomic E-state index is 5.90. The number of aryl methyl sites for hydroxylation is 1. The Morgan fingerprint density at radius 2 is 1.68 bits per heavy atom. The SMILES string of the molecule is Cc1cccc(-c2cccc(OCCCCOCC3(C)COC3)c2)c1. The smallest absolute Gasteiger partial charge is 0.119 e. The lowest BCUT2D eigenvalue weighted by Gasteiger charge is -2.37. The molecule has 2 aromatic carbocycles. The fraction of sp³-hybridized carbons (Fsp3) is 0.455. The van der Waals surface area contributed by atoms with Crippen LogP contribution in [-0.2, 0) is 9.47 Å². The van der Waals surface area contributed by atoms with Crippen LogP contribution in [0.3, 0.4) is 0 Å². The maximum absolute atomic E-state index is 5.90. The summed E-state index contributed by atoms with van der Waals surface area (Å²) in [4.78, 5) is 0. The fourth-order valence-electron chi connectivity index (χ4n) is 2.94. The van der Waals surface area contributed by atoms with Gasteiger partial charge in [-0.2, -0.15) is 0 Å². The van der Waals surface area contributed by atoms with Crippen molar-refractivity contribution >= 4 is 0 Å². The molecule has 0 N–H and O–H groups in total. The summed E-state index contributed by atoms with van der Waals surface area (Å²) in [7, 11) is 0. The minimum atomic E-state index is 0.243. The van der Waals surface area contributed by atoms with Gasteiger partial charge in [-0.25, -0.2) is 0 Å². The molecule has 0 atom stereocenters. The Balaban J connectivity index is 1.38. The average Bonchev–Trinajstić information content (AvgIpc) is 2.59. The van der Waals surface area contributed by atoms with Gasteiger partial charge in [0.1, 0.15) is 5.75 Å². The maximum Gasteiger partial charge on any atom is 0.119 e. The van der Waals surface area contributed by atoms with Crippen molar-refractivity contribution in [1.29, 1.82) is 0 Å². The monoisotopic (exact) mass is 340 g/mol. The van der Waals surface area contributed by atoms with Crippen LogP contribution in [0.1, 0.15) is 25.3 Å². The topological polar surface area (TPSA) is 27.7 Å². The first kappa shape index (κ1) is 18.0. The van der Waals surface area contributed by atoms with Crippen molar-refractivity contribution in [2.24, 2.45) is 5.41 Å². The predicted molar refractivity (Wildman–Crippen MR) is 101 cm³/mol. The van der Waals surface area contributed by atoms with Gasteiger partial charge in [-0.15, -0.1) is 0 Å². The van der Waals surface area contributed by atoms with Crippen molar-refractivity contribution in [3.8, 4) is 16.9 Å². The number of ether oxygens (including phenoxy) is 3. The molecule has 2 aromatic rings. The second-order valence-electron chi connectivity index (χ2n) is 7.31. The largest absolute Gasteiger partial charge is 0.494 e. The Hall–Kier alpha value is -1.84. The number of hydrogen-bond donors (Lipinski definition) is 0. The third-order valence-electron chi connectivity index (χ3n) is 4.49. The van der Waals surface area contributed by atoms with Crippen molar-refractivity contribution in [1.82, 2.24) is 0 Å². The van der Waals surface area contributed by atoms with Crippen LogP contribution in [0.2, 0.25) is 0 Å². The molecule has 0 aromatic heterocycles. The van der Waals surface area contributed by atoms with E-state index in [9.17, 15) is 0 Å². The Morgan fingerprint density at radius 3 is 2.40 bits per heavy atom.